The van der Waals surface area contributed by atoms with Gasteiger partial charge in [0.15, 0.2) is 0 Å². The Hall–Kier alpha value is -5.41. The van der Waals surface area contributed by atoms with Gasteiger partial charge in [-0.1, -0.05) is 97.9 Å². The van der Waals surface area contributed by atoms with E-state index in [-0.39, 0.29) is 0 Å². The summed E-state index contributed by atoms with van der Waals surface area (Å²) < 4.78 is 0. The van der Waals surface area contributed by atoms with Gasteiger partial charge < -0.3 is 0 Å². The first kappa shape index (κ1) is 26.5. The van der Waals surface area contributed by atoms with Crippen LogP contribution in [0.3, 0.4) is 0 Å². The van der Waals surface area contributed by atoms with Gasteiger partial charge in [-0.2, -0.15) is 0 Å². The molecule has 3 heterocycles. The predicted octanol–water partition coefficient (Wildman–Crippen LogP) is 10.2. The quantitative estimate of drug-likeness (QED) is 0.206. The molecular formula is C40H31N3. The summed E-state index contributed by atoms with van der Waals surface area (Å²) in [6.07, 6.45) is 11.6. The average molecular weight is 554 g/mol. The Labute approximate surface area is 253 Å². The fourth-order valence-corrected chi connectivity index (χ4v) is 5.51. The van der Waals surface area contributed by atoms with Crippen molar-refractivity contribution in [3.63, 3.8) is 0 Å². The van der Waals surface area contributed by atoms with E-state index in [1.54, 1.807) is 0 Å². The van der Waals surface area contributed by atoms with Gasteiger partial charge in [-0.25, -0.2) is 4.98 Å². The molecule has 0 aliphatic heterocycles. The van der Waals surface area contributed by atoms with E-state index in [4.69, 9.17) is 9.97 Å². The highest BCUT2D eigenvalue weighted by molar-refractivity contribution is 5.84. The minimum absolute atomic E-state index is 0.541. The Balaban J connectivity index is 1.38. The lowest BCUT2D eigenvalue weighted by atomic mass is 9.92. The van der Waals surface area contributed by atoms with Crippen LogP contribution in [0.2, 0.25) is 0 Å². The molecule has 0 saturated carbocycles. The first-order chi connectivity index (χ1) is 21.2. The van der Waals surface area contributed by atoms with Crippen molar-refractivity contribution >= 4 is 5.57 Å². The normalized spacial score (nSPS) is 14.3. The molecule has 206 valence electrons. The third-order valence-electron chi connectivity index (χ3n) is 7.90. The summed E-state index contributed by atoms with van der Waals surface area (Å²) in [5.74, 6) is 0.541. The van der Waals surface area contributed by atoms with Crippen LogP contribution in [0.1, 0.15) is 19.0 Å². The van der Waals surface area contributed by atoms with Gasteiger partial charge in [0.25, 0.3) is 0 Å². The van der Waals surface area contributed by atoms with Gasteiger partial charge in [0.1, 0.15) is 0 Å². The zero-order chi connectivity index (χ0) is 29.0. The summed E-state index contributed by atoms with van der Waals surface area (Å²) in [6, 6.07) is 42.1. The van der Waals surface area contributed by atoms with Crippen LogP contribution in [0.25, 0.3) is 61.6 Å². The SMILES string of the molecule is CC1C=CC(c2cc(-c3cc(-c4ccccn4)cc(-c4ccc(-c5ccccc5)cn4)c3)cc(-c3ccccc3)n2)=CC1. The third kappa shape index (κ3) is 5.84. The van der Waals surface area contributed by atoms with Crippen molar-refractivity contribution in [2.75, 3.05) is 0 Å². The summed E-state index contributed by atoms with van der Waals surface area (Å²) in [5, 5.41) is 0. The fourth-order valence-electron chi connectivity index (χ4n) is 5.51. The van der Waals surface area contributed by atoms with Crippen molar-refractivity contribution in [3.05, 3.63) is 158 Å². The summed E-state index contributed by atoms with van der Waals surface area (Å²) in [4.78, 5) is 14.7. The van der Waals surface area contributed by atoms with Crippen LogP contribution >= 0.6 is 0 Å². The van der Waals surface area contributed by atoms with E-state index in [0.29, 0.717) is 5.92 Å². The van der Waals surface area contributed by atoms with Gasteiger partial charge in [0, 0.05) is 34.6 Å². The summed E-state index contributed by atoms with van der Waals surface area (Å²) in [7, 11) is 0. The molecule has 0 amide bonds. The van der Waals surface area contributed by atoms with Gasteiger partial charge >= 0.3 is 0 Å². The van der Waals surface area contributed by atoms with Crippen LogP contribution in [0, 0.1) is 5.92 Å². The van der Waals surface area contributed by atoms with Gasteiger partial charge in [0.2, 0.25) is 0 Å². The number of hydrogen-bond donors (Lipinski definition) is 0. The second-order valence-electron chi connectivity index (χ2n) is 11.0. The van der Waals surface area contributed by atoms with Crippen LogP contribution < -0.4 is 0 Å². The van der Waals surface area contributed by atoms with Gasteiger partial charge in [-0.3, -0.25) is 9.97 Å². The molecule has 3 heteroatoms. The Kier molecular flexibility index (Phi) is 7.29. The second kappa shape index (κ2) is 11.8. The molecule has 7 rings (SSSR count). The Morgan fingerprint density at radius 1 is 0.512 bits per heavy atom. The molecule has 0 saturated heterocycles. The molecule has 3 aromatic heterocycles. The molecule has 0 bridgehead atoms. The average Bonchev–Trinajstić information content (AvgIpc) is 3.09. The molecule has 1 unspecified atom stereocenters. The van der Waals surface area contributed by atoms with Gasteiger partial charge in [-0.15, -0.1) is 0 Å². The lowest BCUT2D eigenvalue weighted by molar-refractivity contribution is 0.738. The molecule has 1 aliphatic carbocycles. The Morgan fingerprint density at radius 2 is 1.16 bits per heavy atom. The molecule has 0 fully saturated rings. The highest BCUT2D eigenvalue weighted by Crippen LogP contribution is 2.35. The second-order valence-corrected chi connectivity index (χ2v) is 11.0. The van der Waals surface area contributed by atoms with Crippen molar-refractivity contribution < 1.29 is 0 Å². The molecule has 0 N–H and O–H groups in total. The summed E-state index contributed by atoms with van der Waals surface area (Å²) >= 11 is 0. The predicted molar refractivity (Wildman–Crippen MR) is 178 cm³/mol. The van der Waals surface area contributed by atoms with Crippen LogP contribution in [0.5, 0.6) is 0 Å². The number of aromatic nitrogens is 3. The number of allylic oxidation sites excluding steroid dienone is 4. The van der Waals surface area contributed by atoms with Gasteiger partial charge in [0.05, 0.1) is 22.8 Å². The first-order valence-electron chi connectivity index (χ1n) is 14.7. The molecule has 1 atom stereocenters. The highest BCUT2D eigenvalue weighted by Gasteiger charge is 2.14. The number of rotatable bonds is 6. The molecule has 3 nitrogen and oxygen atoms in total. The monoisotopic (exact) mass is 553 g/mol. The molecule has 0 radical (unpaired) electrons. The van der Waals surface area contributed by atoms with E-state index in [9.17, 15) is 0 Å². The molecule has 1 aliphatic rings. The summed E-state index contributed by atoms with van der Waals surface area (Å²) in [5.41, 5.74) is 12.6. The van der Waals surface area contributed by atoms with E-state index >= 15 is 0 Å². The minimum Gasteiger partial charge on any atom is -0.256 e. The zero-order valence-electron chi connectivity index (χ0n) is 24.1. The van der Waals surface area contributed by atoms with E-state index in [1.165, 1.54) is 0 Å². The Morgan fingerprint density at radius 3 is 1.81 bits per heavy atom. The molecule has 6 aromatic rings. The maximum atomic E-state index is 5.13. The van der Waals surface area contributed by atoms with E-state index < -0.39 is 0 Å². The first-order valence-corrected chi connectivity index (χ1v) is 14.7. The van der Waals surface area contributed by atoms with Crippen molar-refractivity contribution in [1.82, 2.24) is 15.0 Å². The van der Waals surface area contributed by atoms with Crippen molar-refractivity contribution in [3.8, 4) is 56.0 Å². The maximum Gasteiger partial charge on any atom is 0.0715 e. The largest absolute Gasteiger partial charge is 0.256 e. The third-order valence-corrected chi connectivity index (χ3v) is 7.90. The number of hydrogen-bond acceptors (Lipinski definition) is 3. The molecular weight excluding hydrogens is 522 g/mol. The number of nitrogens with zero attached hydrogens (tertiary/aromatic N) is 3. The van der Waals surface area contributed by atoms with Crippen LogP contribution in [-0.2, 0) is 0 Å². The van der Waals surface area contributed by atoms with E-state index in [1.807, 2.05) is 36.7 Å². The summed E-state index contributed by atoms with van der Waals surface area (Å²) in [6.45, 7) is 2.24. The van der Waals surface area contributed by atoms with E-state index in [2.05, 4.69) is 127 Å². The lowest BCUT2D eigenvalue weighted by Gasteiger charge is -2.16. The smallest absolute Gasteiger partial charge is 0.0715 e. The fraction of sp³-hybridized carbons (Fsp3) is 0.0750. The topological polar surface area (TPSA) is 38.7 Å². The van der Waals surface area contributed by atoms with E-state index in [0.717, 1.165) is 73.7 Å². The number of benzene rings is 3. The highest BCUT2D eigenvalue weighted by atomic mass is 14.7. The number of pyridine rings is 3. The molecule has 43 heavy (non-hydrogen) atoms. The maximum absolute atomic E-state index is 5.13. The minimum atomic E-state index is 0.541. The van der Waals surface area contributed by atoms with Crippen molar-refractivity contribution in [2.24, 2.45) is 5.92 Å². The molecule has 0 spiro atoms. The van der Waals surface area contributed by atoms with Crippen molar-refractivity contribution in [1.29, 1.82) is 0 Å². The van der Waals surface area contributed by atoms with Crippen LogP contribution in [0.15, 0.2) is 152 Å². The van der Waals surface area contributed by atoms with Crippen LogP contribution in [0.4, 0.5) is 0 Å². The van der Waals surface area contributed by atoms with Crippen molar-refractivity contribution in [2.45, 2.75) is 13.3 Å². The Bertz CT molecular complexity index is 1920. The van der Waals surface area contributed by atoms with Crippen LogP contribution in [-0.4, -0.2) is 15.0 Å². The standard InChI is InChI=1S/C40H31N3/c1-28-15-17-31(18-16-28)40-26-34(25-39(43-40)30-12-6-3-7-13-30)33-22-35(37-14-8-9-21-41-37)24-36(23-33)38-20-19-32(27-42-38)29-10-4-2-5-11-29/h2-15,17-28H,16H2,1H3. The zero-order valence-corrected chi connectivity index (χ0v) is 24.1. The lowest BCUT2D eigenvalue weighted by Crippen LogP contribution is -1.98. The van der Waals surface area contributed by atoms with Gasteiger partial charge in [-0.05, 0) is 83.1 Å². The molecule has 3 aromatic carbocycles.